The van der Waals surface area contributed by atoms with E-state index in [2.05, 4.69) is 23.6 Å². The minimum Gasteiger partial charge on any atom is -0.369 e. The zero-order chi connectivity index (χ0) is 18.7. The third-order valence-electron chi connectivity index (χ3n) is 5.18. The highest BCUT2D eigenvalue weighted by Gasteiger charge is 2.42. The van der Waals surface area contributed by atoms with Crippen molar-refractivity contribution in [1.29, 1.82) is 0 Å². The van der Waals surface area contributed by atoms with Gasteiger partial charge in [-0.25, -0.2) is 0 Å². The highest BCUT2D eigenvalue weighted by Crippen LogP contribution is 2.35. The van der Waals surface area contributed by atoms with Crippen LogP contribution >= 0.6 is 11.3 Å². The van der Waals surface area contributed by atoms with Crippen molar-refractivity contribution in [3.05, 3.63) is 47.3 Å². The van der Waals surface area contributed by atoms with Crippen molar-refractivity contribution in [2.24, 2.45) is 17.1 Å². The van der Waals surface area contributed by atoms with Gasteiger partial charge in [0, 0.05) is 23.9 Å². The standard InChI is InChI=1S/C21H26N2O2S/c1-15(2)19(24)23-10-5-9-21(14-23,20(22)25)13-16-6-3-7-17(12-16)18-8-4-11-26-18/h3-4,6-8,11-12,15H,5,9-10,13-14H2,1-2H3,(H2,22,25). The Morgan fingerprint density at radius 2 is 2.08 bits per heavy atom. The molecule has 3 rings (SSSR count). The van der Waals surface area contributed by atoms with E-state index in [4.69, 9.17) is 5.73 Å². The molecule has 1 aliphatic rings. The Kier molecular flexibility index (Phi) is 5.47. The van der Waals surface area contributed by atoms with E-state index in [1.807, 2.05) is 36.9 Å². The minimum absolute atomic E-state index is 0.0687. The second-order valence-electron chi connectivity index (χ2n) is 7.52. The van der Waals surface area contributed by atoms with Crippen molar-refractivity contribution >= 4 is 23.2 Å². The maximum absolute atomic E-state index is 12.4. The number of piperidine rings is 1. The summed E-state index contributed by atoms with van der Waals surface area (Å²) in [4.78, 5) is 27.9. The molecule has 1 fully saturated rings. The number of hydrogen-bond acceptors (Lipinski definition) is 3. The Morgan fingerprint density at radius 3 is 2.73 bits per heavy atom. The average Bonchev–Trinajstić information content (AvgIpc) is 3.16. The summed E-state index contributed by atoms with van der Waals surface area (Å²) >= 11 is 1.70. The topological polar surface area (TPSA) is 63.4 Å². The monoisotopic (exact) mass is 370 g/mol. The molecule has 1 aliphatic heterocycles. The molecule has 2 aromatic rings. The smallest absolute Gasteiger partial charge is 0.225 e. The van der Waals surface area contributed by atoms with Gasteiger partial charge in [0.15, 0.2) is 0 Å². The molecule has 0 saturated carbocycles. The zero-order valence-electron chi connectivity index (χ0n) is 15.4. The van der Waals surface area contributed by atoms with Gasteiger partial charge in [0.1, 0.15) is 0 Å². The first-order valence-electron chi connectivity index (χ1n) is 9.13. The number of rotatable bonds is 5. The molecule has 4 nitrogen and oxygen atoms in total. The minimum atomic E-state index is -0.684. The fourth-order valence-electron chi connectivity index (χ4n) is 3.79. The van der Waals surface area contributed by atoms with Crippen LogP contribution in [0.4, 0.5) is 0 Å². The second-order valence-corrected chi connectivity index (χ2v) is 8.46. The van der Waals surface area contributed by atoms with Gasteiger partial charge in [-0.15, -0.1) is 11.3 Å². The van der Waals surface area contributed by atoms with E-state index in [1.165, 1.54) is 4.88 Å². The highest BCUT2D eigenvalue weighted by atomic mass is 32.1. The van der Waals surface area contributed by atoms with Gasteiger partial charge in [-0.2, -0.15) is 0 Å². The quantitative estimate of drug-likeness (QED) is 0.872. The van der Waals surface area contributed by atoms with Crippen LogP contribution in [0, 0.1) is 11.3 Å². The number of hydrogen-bond donors (Lipinski definition) is 1. The van der Waals surface area contributed by atoms with Crippen molar-refractivity contribution < 1.29 is 9.59 Å². The first kappa shape index (κ1) is 18.6. The molecule has 2 N–H and O–H groups in total. The van der Waals surface area contributed by atoms with Gasteiger partial charge in [0.05, 0.1) is 5.41 Å². The SMILES string of the molecule is CC(C)C(=O)N1CCCC(Cc2cccc(-c3cccs3)c2)(C(N)=O)C1. The number of carbonyl (C=O) groups is 2. The molecule has 1 aromatic heterocycles. The van der Waals surface area contributed by atoms with Crippen LogP contribution in [0.15, 0.2) is 41.8 Å². The van der Waals surface area contributed by atoms with Crippen LogP contribution in [0.1, 0.15) is 32.3 Å². The largest absolute Gasteiger partial charge is 0.369 e. The number of nitrogens with zero attached hydrogens (tertiary/aromatic N) is 1. The molecule has 5 heteroatoms. The third-order valence-corrected chi connectivity index (χ3v) is 6.10. The lowest BCUT2D eigenvalue weighted by molar-refractivity contribution is -0.142. The lowest BCUT2D eigenvalue weighted by Gasteiger charge is -2.41. The molecule has 138 valence electrons. The summed E-state index contributed by atoms with van der Waals surface area (Å²) in [6, 6.07) is 12.4. The van der Waals surface area contributed by atoms with Gasteiger partial charge in [-0.3, -0.25) is 9.59 Å². The first-order valence-corrected chi connectivity index (χ1v) is 10.0. The van der Waals surface area contributed by atoms with Crippen LogP contribution in [-0.2, 0) is 16.0 Å². The van der Waals surface area contributed by atoms with Gasteiger partial charge in [0.2, 0.25) is 11.8 Å². The molecular formula is C21H26N2O2S. The molecule has 2 amide bonds. The number of thiophene rings is 1. The van der Waals surface area contributed by atoms with Gasteiger partial charge in [-0.1, -0.05) is 44.2 Å². The lowest BCUT2D eigenvalue weighted by atomic mass is 9.74. The van der Waals surface area contributed by atoms with Gasteiger partial charge in [0.25, 0.3) is 0 Å². The van der Waals surface area contributed by atoms with Crippen LogP contribution in [0.3, 0.4) is 0 Å². The molecule has 0 aliphatic carbocycles. The van der Waals surface area contributed by atoms with Crippen LogP contribution in [-0.4, -0.2) is 29.8 Å². The van der Waals surface area contributed by atoms with Crippen molar-refractivity contribution in [1.82, 2.24) is 4.90 Å². The Hall–Kier alpha value is -2.14. The summed E-state index contributed by atoms with van der Waals surface area (Å²) in [5.41, 5.74) is 7.41. The van der Waals surface area contributed by atoms with E-state index >= 15 is 0 Å². The van der Waals surface area contributed by atoms with E-state index < -0.39 is 5.41 Å². The fourth-order valence-corrected chi connectivity index (χ4v) is 4.51. The summed E-state index contributed by atoms with van der Waals surface area (Å²) in [5, 5.41) is 2.06. The molecule has 1 saturated heterocycles. The predicted octanol–water partition coefficient (Wildman–Crippen LogP) is 3.71. The summed E-state index contributed by atoms with van der Waals surface area (Å²) in [6.07, 6.45) is 2.11. The van der Waals surface area contributed by atoms with Crippen LogP contribution < -0.4 is 5.73 Å². The van der Waals surface area contributed by atoms with Crippen molar-refractivity contribution in [2.45, 2.75) is 33.1 Å². The summed E-state index contributed by atoms with van der Waals surface area (Å²) in [5.74, 6) is -0.274. The van der Waals surface area contributed by atoms with Crippen molar-refractivity contribution in [2.75, 3.05) is 13.1 Å². The zero-order valence-corrected chi connectivity index (χ0v) is 16.2. The number of nitrogens with two attached hydrogens (primary N) is 1. The van der Waals surface area contributed by atoms with E-state index in [-0.39, 0.29) is 17.7 Å². The lowest BCUT2D eigenvalue weighted by Crippen LogP contribution is -2.54. The third kappa shape index (κ3) is 3.83. The van der Waals surface area contributed by atoms with Crippen molar-refractivity contribution in [3.63, 3.8) is 0 Å². The van der Waals surface area contributed by atoms with Gasteiger partial charge in [-0.05, 0) is 41.8 Å². The maximum Gasteiger partial charge on any atom is 0.225 e. The molecule has 1 atom stereocenters. The number of likely N-dealkylation sites (tertiary alicyclic amines) is 1. The van der Waals surface area contributed by atoms with E-state index in [9.17, 15) is 9.59 Å². The molecule has 0 bridgehead atoms. The van der Waals surface area contributed by atoms with Crippen molar-refractivity contribution in [3.8, 4) is 10.4 Å². The average molecular weight is 371 g/mol. The Balaban J connectivity index is 1.86. The number of primary amides is 1. The summed E-state index contributed by atoms with van der Waals surface area (Å²) in [6.45, 7) is 4.92. The Labute approximate surface area is 159 Å². The molecule has 1 aromatic carbocycles. The molecule has 1 unspecified atom stereocenters. The van der Waals surface area contributed by atoms with Crippen LogP contribution in [0.25, 0.3) is 10.4 Å². The maximum atomic E-state index is 12.4. The molecule has 0 spiro atoms. The Bertz CT molecular complexity index is 785. The van der Waals surface area contributed by atoms with Gasteiger partial charge < -0.3 is 10.6 Å². The normalized spacial score (nSPS) is 20.3. The van der Waals surface area contributed by atoms with Crippen LogP contribution in [0.2, 0.25) is 0 Å². The summed E-state index contributed by atoms with van der Waals surface area (Å²) in [7, 11) is 0. The molecule has 0 radical (unpaired) electrons. The van der Waals surface area contributed by atoms with E-state index in [0.717, 1.165) is 24.0 Å². The van der Waals surface area contributed by atoms with Crippen LogP contribution in [0.5, 0.6) is 0 Å². The van der Waals surface area contributed by atoms with E-state index in [0.29, 0.717) is 19.5 Å². The Morgan fingerprint density at radius 1 is 1.27 bits per heavy atom. The predicted molar refractivity (Wildman–Crippen MR) is 106 cm³/mol. The van der Waals surface area contributed by atoms with Gasteiger partial charge >= 0.3 is 0 Å². The second kappa shape index (κ2) is 7.62. The number of carbonyl (C=O) groups excluding carboxylic acids is 2. The fraction of sp³-hybridized carbons (Fsp3) is 0.429. The van der Waals surface area contributed by atoms with E-state index in [1.54, 1.807) is 11.3 Å². The number of amides is 2. The molecule has 2 heterocycles. The molecule has 26 heavy (non-hydrogen) atoms. The first-order chi connectivity index (χ1) is 12.4. The molecular weight excluding hydrogens is 344 g/mol. The number of benzene rings is 1. The highest BCUT2D eigenvalue weighted by molar-refractivity contribution is 7.13. The summed E-state index contributed by atoms with van der Waals surface area (Å²) < 4.78 is 0.